The first-order chi connectivity index (χ1) is 15.7. The summed E-state index contributed by atoms with van der Waals surface area (Å²) in [5.41, 5.74) is 3.49. The molecule has 0 aliphatic heterocycles. The van der Waals surface area contributed by atoms with Crippen molar-refractivity contribution in [1.82, 2.24) is 9.55 Å². The molecular formula is C26H19F2N3O. The van der Waals surface area contributed by atoms with Crippen LogP contribution in [0.3, 0.4) is 0 Å². The summed E-state index contributed by atoms with van der Waals surface area (Å²) in [5, 5.41) is 4.27. The topological polar surface area (TPSA) is 39.4 Å². The zero-order valence-corrected chi connectivity index (χ0v) is 17.1. The van der Waals surface area contributed by atoms with E-state index in [1.54, 1.807) is 42.9 Å². The van der Waals surface area contributed by atoms with E-state index in [4.69, 9.17) is 4.84 Å². The van der Waals surface area contributed by atoms with Crippen LogP contribution in [0, 0.1) is 23.5 Å². The Labute approximate surface area is 184 Å². The highest BCUT2D eigenvalue weighted by Gasteiger charge is 2.07. The summed E-state index contributed by atoms with van der Waals surface area (Å²) in [6, 6.07) is 20.0. The molecule has 0 aliphatic carbocycles. The fourth-order valence-electron chi connectivity index (χ4n) is 2.94. The second kappa shape index (κ2) is 10.2. The largest absolute Gasteiger partial charge is 0.391 e. The highest BCUT2D eigenvalue weighted by molar-refractivity contribution is 6.00. The van der Waals surface area contributed by atoms with Gasteiger partial charge < -0.3 is 9.40 Å². The smallest absolute Gasteiger partial charge is 0.145 e. The van der Waals surface area contributed by atoms with E-state index < -0.39 is 0 Å². The van der Waals surface area contributed by atoms with Crippen molar-refractivity contribution >= 4 is 5.71 Å². The first-order valence-electron chi connectivity index (χ1n) is 9.93. The maximum atomic E-state index is 13.8. The molecule has 0 fully saturated rings. The van der Waals surface area contributed by atoms with Crippen LogP contribution in [0.25, 0.3) is 0 Å². The number of benzene rings is 3. The molecule has 0 radical (unpaired) electrons. The third-order valence-corrected chi connectivity index (χ3v) is 4.66. The molecule has 158 valence electrons. The van der Waals surface area contributed by atoms with Crippen molar-refractivity contribution in [3.8, 4) is 11.8 Å². The van der Waals surface area contributed by atoms with Crippen LogP contribution in [-0.4, -0.2) is 15.3 Å². The van der Waals surface area contributed by atoms with E-state index in [9.17, 15) is 8.78 Å². The Morgan fingerprint density at radius 3 is 2.25 bits per heavy atom. The molecule has 0 amide bonds. The van der Waals surface area contributed by atoms with Gasteiger partial charge in [0, 0.05) is 34.6 Å². The van der Waals surface area contributed by atoms with E-state index in [0.29, 0.717) is 17.8 Å². The zero-order chi connectivity index (χ0) is 22.2. The van der Waals surface area contributed by atoms with Gasteiger partial charge in [0.2, 0.25) is 0 Å². The number of rotatable bonds is 6. The first-order valence-corrected chi connectivity index (χ1v) is 9.93. The minimum absolute atomic E-state index is 0.0291. The number of hydrogen-bond acceptors (Lipinski definition) is 3. The number of nitrogens with zero attached hydrogens (tertiary/aromatic N) is 3. The van der Waals surface area contributed by atoms with E-state index >= 15 is 0 Å². The molecule has 0 saturated carbocycles. The van der Waals surface area contributed by atoms with E-state index in [2.05, 4.69) is 22.0 Å². The maximum absolute atomic E-state index is 13.8. The van der Waals surface area contributed by atoms with Crippen LogP contribution < -0.4 is 0 Å². The van der Waals surface area contributed by atoms with Crippen LogP contribution in [-0.2, 0) is 18.0 Å². The summed E-state index contributed by atoms with van der Waals surface area (Å²) in [5.74, 6) is 5.45. The van der Waals surface area contributed by atoms with Crippen LogP contribution in [0.1, 0.15) is 22.3 Å². The van der Waals surface area contributed by atoms with E-state index in [1.807, 2.05) is 35.0 Å². The number of aromatic nitrogens is 2. The normalized spacial score (nSPS) is 11.0. The Balaban J connectivity index is 1.51. The predicted octanol–water partition coefficient (Wildman–Crippen LogP) is 5.18. The van der Waals surface area contributed by atoms with Gasteiger partial charge in [-0.15, -0.1) is 0 Å². The molecule has 0 bridgehead atoms. The Morgan fingerprint density at radius 2 is 1.59 bits per heavy atom. The quantitative estimate of drug-likeness (QED) is 0.242. The van der Waals surface area contributed by atoms with Crippen LogP contribution in [0.2, 0.25) is 0 Å². The molecule has 4 aromatic rings. The summed E-state index contributed by atoms with van der Waals surface area (Å²) in [6.07, 6.45) is 5.20. The number of oxime groups is 1. The average Bonchev–Trinajstić information content (AvgIpc) is 3.33. The summed E-state index contributed by atoms with van der Waals surface area (Å²) >= 11 is 0. The summed E-state index contributed by atoms with van der Waals surface area (Å²) in [6.45, 7) is 0.471. The lowest BCUT2D eigenvalue weighted by atomic mass is 10.1. The van der Waals surface area contributed by atoms with Gasteiger partial charge in [-0.1, -0.05) is 47.3 Å². The fourth-order valence-corrected chi connectivity index (χ4v) is 2.94. The molecule has 4 nitrogen and oxygen atoms in total. The molecule has 1 heterocycles. The van der Waals surface area contributed by atoms with Crippen molar-refractivity contribution in [2.75, 3.05) is 0 Å². The van der Waals surface area contributed by atoms with Gasteiger partial charge in [-0.3, -0.25) is 0 Å². The van der Waals surface area contributed by atoms with Gasteiger partial charge in [-0.05, 0) is 42.5 Å². The Kier molecular flexibility index (Phi) is 6.69. The predicted molar refractivity (Wildman–Crippen MR) is 119 cm³/mol. The summed E-state index contributed by atoms with van der Waals surface area (Å²) in [7, 11) is 0. The molecule has 0 N–H and O–H groups in total. The van der Waals surface area contributed by atoms with Crippen LogP contribution in [0.4, 0.5) is 8.78 Å². The second-order valence-corrected chi connectivity index (χ2v) is 6.97. The van der Waals surface area contributed by atoms with Crippen molar-refractivity contribution in [2.45, 2.75) is 13.2 Å². The van der Waals surface area contributed by atoms with Gasteiger partial charge in [0.15, 0.2) is 0 Å². The van der Waals surface area contributed by atoms with Crippen molar-refractivity contribution < 1.29 is 13.6 Å². The first kappa shape index (κ1) is 21.0. The zero-order valence-electron chi connectivity index (χ0n) is 17.1. The fraction of sp³-hybridized carbons (Fsp3) is 0.0769. The molecule has 0 spiro atoms. The van der Waals surface area contributed by atoms with Gasteiger partial charge in [0.1, 0.15) is 24.0 Å². The lowest BCUT2D eigenvalue weighted by Crippen LogP contribution is -2.11. The standard InChI is InChI=1S/C26H19F2N3O/c27-24-13-9-21(10-14-24)6-5-20-7-11-22(12-8-20)26(17-31-16-15-29-19-31)30-32-18-23-3-1-2-4-25(23)28/h1-4,7-16,19H,17-18H2/b30-26+. The third-order valence-electron chi connectivity index (χ3n) is 4.66. The van der Waals surface area contributed by atoms with Gasteiger partial charge in [0.05, 0.1) is 12.9 Å². The number of imidazole rings is 1. The van der Waals surface area contributed by atoms with Crippen LogP contribution in [0.5, 0.6) is 0 Å². The highest BCUT2D eigenvalue weighted by Crippen LogP contribution is 2.11. The molecule has 32 heavy (non-hydrogen) atoms. The number of hydrogen-bond donors (Lipinski definition) is 0. The highest BCUT2D eigenvalue weighted by atomic mass is 19.1. The monoisotopic (exact) mass is 427 g/mol. The molecular weight excluding hydrogens is 408 g/mol. The molecule has 6 heteroatoms. The van der Waals surface area contributed by atoms with Gasteiger partial charge in [-0.2, -0.15) is 0 Å². The Morgan fingerprint density at radius 1 is 0.906 bits per heavy atom. The summed E-state index contributed by atoms with van der Waals surface area (Å²) < 4.78 is 28.7. The lowest BCUT2D eigenvalue weighted by molar-refractivity contribution is 0.127. The van der Waals surface area contributed by atoms with E-state index in [1.165, 1.54) is 18.2 Å². The average molecular weight is 427 g/mol. The van der Waals surface area contributed by atoms with Crippen LogP contribution in [0.15, 0.2) is 96.7 Å². The van der Waals surface area contributed by atoms with Crippen molar-refractivity contribution in [2.24, 2.45) is 5.16 Å². The lowest BCUT2D eigenvalue weighted by Gasteiger charge is -2.09. The molecule has 1 aromatic heterocycles. The molecule has 0 unspecified atom stereocenters. The van der Waals surface area contributed by atoms with Gasteiger partial charge in [-0.25, -0.2) is 13.8 Å². The SMILES string of the molecule is Fc1ccc(C#Cc2ccc(/C(Cn3ccnc3)=N/OCc3ccccc3F)cc2)cc1. The van der Waals surface area contributed by atoms with Crippen LogP contribution >= 0.6 is 0 Å². The molecule has 0 atom stereocenters. The van der Waals surface area contributed by atoms with Gasteiger partial charge in [0.25, 0.3) is 0 Å². The van der Waals surface area contributed by atoms with Crippen molar-refractivity contribution in [3.05, 3.63) is 125 Å². The molecule has 4 rings (SSSR count). The van der Waals surface area contributed by atoms with Crippen molar-refractivity contribution in [1.29, 1.82) is 0 Å². The minimum atomic E-state index is -0.331. The second-order valence-electron chi connectivity index (χ2n) is 6.97. The van der Waals surface area contributed by atoms with E-state index in [-0.39, 0.29) is 18.2 Å². The molecule has 0 aliphatic rings. The number of halogens is 2. The molecule has 3 aromatic carbocycles. The maximum Gasteiger partial charge on any atom is 0.145 e. The molecule has 0 saturated heterocycles. The minimum Gasteiger partial charge on any atom is -0.391 e. The Bertz CT molecular complexity index is 1250. The summed E-state index contributed by atoms with van der Waals surface area (Å²) in [4.78, 5) is 9.52. The third kappa shape index (κ3) is 5.67. The Hall–Kier alpha value is -4.24. The van der Waals surface area contributed by atoms with E-state index in [0.717, 1.165) is 16.7 Å². The van der Waals surface area contributed by atoms with Gasteiger partial charge >= 0.3 is 0 Å². The van der Waals surface area contributed by atoms with Crippen molar-refractivity contribution in [3.63, 3.8) is 0 Å².